The molecule has 1 aromatic rings. The van der Waals surface area contributed by atoms with E-state index >= 15 is 0 Å². The van der Waals surface area contributed by atoms with E-state index in [-0.39, 0.29) is 29.9 Å². The second kappa shape index (κ2) is 10.2. The molecule has 0 aromatic heterocycles. The lowest BCUT2D eigenvalue weighted by Gasteiger charge is -2.21. The summed E-state index contributed by atoms with van der Waals surface area (Å²) in [4.78, 5) is 24.6. The van der Waals surface area contributed by atoms with Crippen LogP contribution in [0.15, 0.2) is 18.2 Å². The quantitative estimate of drug-likeness (QED) is 0.538. The highest BCUT2D eigenvalue weighted by atomic mass is 35.5. The Morgan fingerprint density at radius 3 is 1.86 bits per heavy atom. The highest BCUT2D eigenvalue weighted by Gasteiger charge is 2.28. The molecule has 2 N–H and O–H groups in total. The highest BCUT2D eigenvalue weighted by molar-refractivity contribution is 5.85. The van der Waals surface area contributed by atoms with E-state index in [0.29, 0.717) is 12.1 Å². The SMILES string of the molecule is CC(C)NCC(O)c1ccc(OC(=O)C(C)(C)C)c(OC(=O)C(C)(C)C)c1.Cl. The first kappa shape index (κ1) is 26.4. The van der Waals surface area contributed by atoms with E-state index in [1.54, 1.807) is 59.7 Å². The molecular weight excluding hydrogens is 382 g/mol. The third-order valence-electron chi connectivity index (χ3n) is 3.70. The standard InChI is InChI=1S/C21H33NO5.ClH/c1-13(2)22-12-15(23)14-9-10-16(26-18(24)20(3,4)5)17(11-14)27-19(25)21(6,7)8;/h9-11,13,15,22-23H,12H2,1-8H3;1H. The maximum absolute atomic E-state index is 12.3. The Balaban J connectivity index is 0.00000729. The van der Waals surface area contributed by atoms with Crippen LogP contribution in [0.1, 0.15) is 67.1 Å². The van der Waals surface area contributed by atoms with Crippen molar-refractivity contribution in [2.75, 3.05) is 6.54 Å². The van der Waals surface area contributed by atoms with E-state index in [0.717, 1.165) is 0 Å². The van der Waals surface area contributed by atoms with Crippen molar-refractivity contribution in [2.45, 2.75) is 67.5 Å². The van der Waals surface area contributed by atoms with Gasteiger partial charge >= 0.3 is 11.9 Å². The summed E-state index contributed by atoms with van der Waals surface area (Å²) in [5.41, 5.74) is -0.862. The number of ether oxygens (including phenoxy) is 2. The number of aliphatic hydroxyl groups is 1. The molecule has 0 amide bonds. The van der Waals surface area contributed by atoms with Crippen LogP contribution < -0.4 is 14.8 Å². The van der Waals surface area contributed by atoms with E-state index in [2.05, 4.69) is 5.32 Å². The molecule has 7 heteroatoms. The van der Waals surface area contributed by atoms with E-state index in [9.17, 15) is 14.7 Å². The lowest BCUT2D eigenvalue weighted by molar-refractivity contribution is -0.145. The lowest BCUT2D eigenvalue weighted by Crippen LogP contribution is -2.29. The first-order valence-corrected chi connectivity index (χ1v) is 9.21. The van der Waals surface area contributed by atoms with Crippen LogP contribution in [0.2, 0.25) is 0 Å². The van der Waals surface area contributed by atoms with Gasteiger partial charge in [-0.1, -0.05) is 19.9 Å². The summed E-state index contributed by atoms with van der Waals surface area (Å²) in [6.07, 6.45) is -0.785. The van der Waals surface area contributed by atoms with Gasteiger partial charge in [0, 0.05) is 12.6 Å². The Morgan fingerprint density at radius 1 is 0.964 bits per heavy atom. The Morgan fingerprint density at radius 2 is 1.43 bits per heavy atom. The molecule has 0 spiro atoms. The summed E-state index contributed by atoms with van der Waals surface area (Å²) in [5.74, 6) is -0.623. The molecule has 1 atom stereocenters. The summed E-state index contributed by atoms with van der Waals surface area (Å²) in [7, 11) is 0. The van der Waals surface area contributed by atoms with Crippen LogP contribution in [0.4, 0.5) is 0 Å². The molecule has 0 radical (unpaired) electrons. The van der Waals surface area contributed by atoms with Crippen LogP contribution in [-0.2, 0) is 9.59 Å². The van der Waals surface area contributed by atoms with Crippen molar-refractivity contribution in [3.05, 3.63) is 23.8 Å². The minimum Gasteiger partial charge on any atom is -0.422 e. The predicted octanol–water partition coefficient (Wildman–Crippen LogP) is 4.04. The van der Waals surface area contributed by atoms with Gasteiger partial charge in [0.05, 0.1) is 16.9 Å². The van der Waals surface area contributed by atoms with Crippen molar-refractivity contribution in [1.82, 2.24) is 5.32 Å². The van der Waals surface area contributed by atoms with Gasteiger partial charge in [-0.2, -0.15) is 0 Å². The fraction of sp³-hybridized carbons (Fsp3) is 0.619. The second-order valence-electron chi connectivity index (χ2n) is 9.06. The fourth-order valence-corrected chi connectivity index (χ4v) is 1.87. The first-order chi connectivity index (χ1) is 12.2. The molecule has 0 aliphatic rings. The Hall–Kier alpha value is -1.63. The van der Waals surface area contributed by atoms with E-state index in [1.165, 1.54) is 0 Å². The topological polar surface area (TPSA) is 84.9 Å². The number of carbonyl (C=O) groups excluding carboxylic acids is 2. The summed E-state index contributed by atoms with van der Waals surface area (Å²) in [5, 5.41) is 13.5. The van der Waals surface area contributed by atoms with Crippen molar-refractivity contribution in [3.8, 4) is 11.5 Å². The zero-order valence-corrected chi connectivity index (χ0v) is 18.9. The Labute approximate surface area is 174 Å². The molecular formula is C21H34ClNO5. The van der Waals surface area contributed by atoms with E-state index in [1.807, 2.05) is 13.8 Å². The molecule has 0 saturated heterocycles. The maximum Gasteiger partial charge on any atom is 0.316 e. The van der Waals surface area contributed by atoms with Crippen LogP contribution in [0, 0.1) is 10.8 Å². The predicted molar refractivity (Wildman–Crippen MR) is 112 cm³/mol. The van der Waals surface area contributed by atoms with Gasteiger partial charge in [0.1, 0.15) is 0 Å². The van der Waals surface area contributed by atoms with E-state index < -0.39 is 28.9 Å². The number of hydrogen-bond acceptors (Lipinski definition) is 6. The number of nitrogens with one attached hydrogen (secondary N) is 1. The zero-order valence-electron chi connectivity index (χ0n) is 18.1. The number of carbonyl (C=O) groups is 2. The molecule has 0 saturated carbocycles. The van der Waals surface area contributed by atoms with Gasteiger partial charge in [0.2, 0.25) is 0 Å². The minimum atomic E-state index is -0.785. The Bertz CT molecular complexity index is 674. The molecule has 0 heterocycles. The molecule has 0 aliphatic heterocycles. The van der Waals surface area contributed by atoms with Gasteiger partial charge in [0.15, 0.2) is 11.5 Å². The van der Waals surface area contributed by atoms with Crippen molar-refractivity contribution in [1.29, 1.82) is 0 Å². The van der Waals surface area contributed by atoms with Crippen LogP contribution in [0.5, 0.6) is 11.5 Å². The van der Waals surface area contributed by atoms with Gasteiger partial charge in [0.25, 0.3) is 0 Å². The molecule has 28 heavy (non-hydrogen) atoms. The molecule has 0 bridgehead atoms. The van der Waals surface area contributed by atoms with Crippen molar-refractivity contribution in [2.24, 2.45) is 10.8 Å². The molecule has 1 rings (SSSR count). The van der Waals surface area contributed by atoms with Crippen molar-refractivity contribution in [3.63, 3.8) is 0 Å². The van der Waals surface area contributed by atoms with Crippen LogP contribution in [-0.4, -0.2) is 29.6 Å². The number of esters is 2. The summed E-state index contributed by atoms with van der Waals surface area (Å²) < 4.78 is 10.9. The van der Waals surface area contributed by atoms with Crippen LogP contribution in [0.25, 0.3) is 0 Å². The largest absolute Gasteiger partial charge is 0.422 e. The monoisotopic (exact) mass is 415 g/mol. The fourth-order valence-electron chi connectivity index (χ4n) is 1.87. The van der Waals surface area contributed by atoms with Crippen molar-refractivity contribution >= 4 is 24.3 Å². The number of halogens is 1. The van der Waals surface area contributed by atoms with Crippen molar-refractivity contribution < 1.29 is 24.2 Å². The lowest BCUT2D eigenvalue weighted by atomic mass is 9.97. The minimum absolute atomic E-state index is 0. The smallest absolute Gasteiger partial charge is 0.316 e. The number of aliphatic hydroxyl groups excluding tert-OH is 1. The maximum atomic E-state index is 12.3. The highest BCUT2D eigenvalue weighted by Crippen LogP contribution is 2.34. The Kier molecular flexibility index (Phi) is 9.64. The first-order valence-electron chi connectivity index (χ1n) is 9.21. The number of benzene rings is 1. The third-order valence-corrected chi connectivity index (χ3v) is 3.70. The second-order valence-corrected chi connectivity index (χ2v) is 9.06. The summed E-state index contributed by atoms with van der Waals surface area (Å²) >= 11 is 0. The number of hydrogen-bond donors (Lipinski definition) is 2. The summed E-state index contributed by atoms with van der Waals surface area (Å²) in [6, 6.07) is 4.97. The zero-order chi connectivity index (χ0) is 21.0. The molecule has 1 unspecified atom stereocenters. The molecule has 6 nitrogen and oxygen atoms in total. The summed E-state index contributed by atoms with van der Waals surface area (Å²) in [6.45, 7) is 14.8. The molecule has 1 aromatic carbocycles. The van der Waals surface area contributed by atoms with Gasteiger partial charge in [-0.05, 0) is 59.2 Å². The normalized spacial score (nSPS) is 12.9. The van der Waals surface area contributed by atoms with E-state index in [4.69, 9.17) is 9.47 Å². The van der Waals surface area contributed by atoms with Gasteiger partial charge in [-0.25, -0.2) is 0 Å². The average molecular weight is 416 g/mol. The third kappa shape index (κ3) is 8.17. The van der Waals surface area contributed by atoms with Gasteiger partial charge < -0.3 is 19.9 Å². The van der Waals surface area contributed by atoms with Gasteiger partial charge in [-0.3, -0.25) is 9.59 Å². The molecule has 0 fully saturated rings. The average Bonchev–Trinajstić information content (AvgIpc) is 2.52. The number of rotatable bonds is 6. The van der Waals surface area contributed by atoms with Crippen LogP contribution >= 0.6 is 12.4 Å². The molecule has 160 valence electrons. The molecule has 0 aliphatic carbocycles. The van der Waals surface area contributed by atoms with Crippen LogP contribution in [0.3, 0.4) is 0 Å². The van der Waals surface area contributed by atoms with Gasteiger partial charge in [-0.15, -0.1) is 12.4 Å².